The van der Waals surface area contributed by atoms with Crippen molar-refractivity contribution >= 4 is 21.6 Å². The molecular weight excluding hydrogens is 457 g/mol. The maximum Gasteiger partial charge on any atom is 0.134 e. The number of hydrogen-bond acceptors (Lipinski definition) is 4. The van der Waals surface area contributed by atoms with Crippen molar-refractivity contribution in [1.82, 2.24) is 4.98 Å². The number of nitriles is 1. The highest BCUT2D eigenvalue weighted by molar-refractivity contribution is 7.17. The van der Waals surface area contributed by atoms with Gasteiger partial charge in [-0.3, -0.25) is 0 Å². The van der Waals surface area contributed by atoms with Crippen molar-refractivity contribution in [3.8, 4) is 17.2 Å². The van der Waals surface area contributed by atoms with E-state index in [9.17, 15) is 23.5 Å². The van der Waals surface area contributed by atoms with Gasteiger partial charge in [0.05, 0.1) is 27.4 Å². The van der Waals surface area contributed by atoms with E-state index in [1.807, 2.05) is 36.4 Å². The molecule has 1 aliphatic rings. The molecule has 0 fully saturated rings. The number of benzene rings is 3. The second kappa shape index (κ2) is 8.86. The normalized spacial score (nSPS) is 18.1. The molecule has 0 spiro atoms. The standard InChI is InChI=1S/C27H21F3N2OS/c1-2-22(29)21-10-16(28)8-15(12-31)19(21)9-14-6-7-17(25-20(14)11-23(30)26(25)33)18-4-3-5-24-27(18)34-13-32-24/h3-8,10,13,22-23,26,33H,2,9,11H2,1H3. The molecule has 0 aliphatic heterocycles. The van der Waals surface area contributed by atoms with E-state index in [0.717, 1.165) is 33.5 Å². The number of rotatable bonds is 5. The van der Waals surface area contributed by atoms with Crippen molar-refractivity contribution in [3.63, 3.8) is 0 Å². The van der Waals surface area contributed by atoms with E-state index in [2.05, 4.69) is 4.98 Å². The number of nitrogens with zero attached hydrogens (tertiary/aromatic N) is 2. The third-order valence-corrected chi connectivity index (χ3v) is 7.45. The van der Waals surface area contributed by atoms with Crippen molar-refractivity contribution in [3.05, 3.63) is 87.2 Å². The molecule has 1 heterocycles. The number of halogens is 3. The molecule has 3 nitrogen and oxygen atoms in total. The summed E-state index contributed by atoms with van der Waals surface area (Å²) in [4.78, 5) is 4.35. The van der Waals surface area contributed by atoms with E-state index >= 15 is 0 Å². The number of thiazole rings is 1. The molecule has 172 valence electrons. The third-order valence-electron chi connectivity index (χ3n) is 6.57. The van der Waals surface area contributed by atoms with Crippen molar-refractivity contribution in [2.45, 2.75) is 44.6 Å². The van der Waals surface area contributed by atoms with Crippen LogP contribution in [0.25, 0.3) is 21.3 Å². The van der Waals surface area contributed by atoms with E-state index in [-0.39, 0.29) is 30.4 Å². The smallest absolute Gasteiger partial charge is 0.134 e. The van der Waals surface area contributed by atoms with E-state index in [1.54, 1.807) is 12.4 Å². The Bertz CT molecular complexity index is 1440. The quantitative estimate of drug-likeness (QED) is 0.339. The Morgan fingerprint density at radius 2 is 2.06 bits per heavy atom. The summed E-state index contributed by atoms with van der Waals surface area (Å²) >= 11 is 1.48. The lowest BCUT2D eigenvalue weighted by atomic mass is 9.87. The fourth-order valence-electron chi connectivity index (χ4n) is 4.92. The minimum atomic E-state index is -1.47. The molecule has 3 aromatic carbocycles. The van der Waals surface area contributed by atoms with Gasteiger partial charge in [-0.1, -0.05) is 31.2 Å². The molecule has 3 atom stereocenters. The number of aromatic nitrogens is 1. The minimum absolute atomic E-state index is 0.0174. The van der Waals surface area contributed by atoms with E-state index < -0.39 is 24.3 Å². The molecule has 0 amide bonds. The zero-order valence-electron chi connectivity index (χ0n) is 18.4. The van der Waals surface area contributed by atoms with Gasteiger partial charge in [0.1, 0.15) is 24.3 Å². The Morgan fingerprint density at radius 1 is 1.24 bits per heavy atom. The summed E-state index contributed by atoms with van der Waals surface area (Å²) in [6, 6.07) is 13.6. The first kappa shape index (κ1) is 22.6. The van der Waals surface area contributed by atoms with Gasteiger partial charge in [-0.25, -0.2) is 18.2 Å². The topological polar surface area (TPSA) is 56.9 Å². The molecule has 1 N–H and O–H groups in total. The van der Waals surface area contributed by atoms with Gasteiger partial charge in [0.15, 0.2) is 0 Å². The van der Waals surface area contributed by atoms with Crippen molar-refractivity contribution < 1.29 is 18.3 Å². The highest BCUT2D eigenvalue weighted by Crippen LogP contribution is 2.45. The molecular formula is C27H21F3N2OS. The average molecular weight is 479 g/mol. The van der Waals surface area contributed by atoms with Crippen LogP contribution < -0.4 is 0 Å². The van der Waals surface area contributed by atoms with E-state index in [0.29, 0.717) is 22.3 Å². The molecule has 4 aromatic rings. The first-order valence-corrected chi connectivity index (χ1v) is 12.0. The van der Waals surface area contributed by atoms with Gasteiger partial charge in [0, 0.05) is 12.0 Å². The van der Waals surface area contributed by atoms with Gasteiger partial charge in [-0.15, -0.1) is 11.3 Å². The summed E-state index contributed by atoms with van der Waals surface area (Å²) in [6.45, 7) is 1.65. The Labute approximate surface area is 199 Å². The fourth-order valence-corrected chi connectivity index (χ4v) is 5.74. The van der Waals surface area contributed by atoms with E-state index in [4.69, 9.17) is 0 Å². The predicted molar refractivity (Wildman–Crippen MR) is 127 cm³/mol. The van der Waals surface area contributed by atoms with Gasteiger partial charge < -0.3 is 5.11 Å². The highest BCUT2D eigenvalue weighted by atomic mass is 32.1. The van der Waals surface area contributed by atoms with Crippen LogP contribution >= 0.6 is 11.3 Å². The summed E-state index contributed by atoms with van der Waals surface area (Å²) in [5, 5.41) is 20.4. The number of aliphatic hydroxyl groups excluding tert-OH is 1. The predicted octanol–water partition coefficient (Wildman–Crippen LogP) is 6.91. The van der Waals surface area contributed by atoms with Crippen LogP contribution in [0.15, 0.2) is 48.0 Å². The molecule has 0 saturated carbocycles. The number of aliphatic hydroxyl groups is 1. The van der Waals surface area contributed by atoms with Gasteiger partial charge in [-0.05, 0) is 64.4 Å². The number of hydrogen-bond donors (Lipinski definition) is 1. The second-order valence-corrected chi connectivity index (χ2v) is 9.38. The summed E-state index contributed by atoms with van der Waals surface area (Å²) in [7, 11) is 0. The molecule has 0 saturated heterocycles. The Morgan fingerprint density at radius 3 is 2.82 bits per heavy atom. The molecule has 7 heteroatoms. The summed E-state index contributed by atoms with van der Waals surface area (Å²) in [6.07, 6.45) is -3.88. The van der Waals surface area contributed by atoms with Crippen LogP contribution in [-0.2, 0) is 12.8 Å². The van der Waals surface area contributed by atoms with Crippen LogP contribution in [0, 0.1) is 17.1 Å². The van der Waals surface area contributed by atoms with Crippen LogP contribution in [0.1, 0.15) is 59.0 Å². The minimum Gasteiger partial charge on any atom is -0.385 e. The van der Waals surface area contributed by atoms with Crippen molar-refractivity contribution in [1.29, 1.82) is 5.26 Å². The summed E-state index contributed by atoms with van der Waals surface area (Å²) in [5.41, 5.74) is 6.65. The lowest BCUT2D eigenvalue weighted by molar-refractivity contribution is 0.0929. The summed E-state index contributed by atoms with van der Waals surface area (Å²) < 4.78 is 44.6. The van der Waals surface area contributed by atoms with Crippen LogP contribution in [0.4, 0.5) is 13.2 Å². The zero-order chi connectivity index (χ0) is 24.0. The van der Waals surface area contributed by atoms with Gasteiger partial charge in [-0.2, -0.15) is 5.26 Å². The molecule has 1 aliphatic carbocycles. The largest absolute Gasteiger partial charge is 0.385 e. The van der Waals surface area contributed by atoms with Gasteiger partial charge >= 0.3 is 0 Å². The second-order valence-electron chi connectivity index (χ2n) is 8.52. The maximum absolute atomic E-state index is 14.8. The van der Waals surface area contributed by atoms with E-state index in [1.165, 1.54) is 11.3 Å². The van der Waals surface area contributed by atoms with Crippen molar-refractivity contribution in [2.75, 3.05) is 0 Å². The first-order chi connectivity index (χ1) is 16.4. The average Bonchev–Trinajstić information content (AvgIpc) is 3.44. The molecule has 0 bridgehead atoms. The lowest BCUT2D eigenvalue weighted by Gasteiger charge is -2.19. The molecule has 1 aromatic heterocycles. The number of alkyl halides is 2. The maximum atomic E-state index is 14.8. The van der Waals surface area contributed by atoms with Crippen LogP contribution in [0.2, 0.25) is 0 Å². The molecule has 34 heavy (non-hydrogen) atoms. The lowest BCUT2D eigenvalue weighted by Crippen LogP contribution is -2.07. The molecule has 3 unspecified atom stereocenters. The molecule has 0 radical (unpaired) electrons. The van der Waals surface area contributed by atoms with Gasteiger partial charge in [0.25, 0.3) is 0 Å². The third kappa shape index (κ3) is 3.67. The first-order valence-electron chi connectivity index (χ1n) is 11.1. The molecule has 5 rings (SSSR count). The number of fused-ring (bicyclic) bond motifs is 2. The Kier molecular flexibility index (Phi) is 5.88. The zero-order valence-corrected chi connectivity index (χ0v) is 19.2. The van der Waals surface area contributed by atoms with Crippen molar-refractivity contribution in [2.24, 2.45) is 0 Å². The highest BCUT2D eigenvalue weighted by Gasteiger charge is 2.36. The van der Waals surface area contributed by atoms with Gasteiger partial charge in [0.2, 0.25) is 0 Å². The monoisotopic (exact) mass is 478 g/mol. The SMILES string of the molecule is CCC(F)c1cc(F)cc(C#N)c1Cc1ccc(-c2cccc3ncsc23)c2c1CC(F)C2O. The summed E-state index contributed by atoms with van der Waals surface area (Å²) in [5.74, 6) is -0.663. The Hall–Kier alpha value is -3.21. The van der Waals surface area contributed by atoms with Crippen LogP contribution in [-0.4, -0.2) is 16.3 Å². The fraction of sp³-hybridized carbons (Fsp3) is 0.259. The van der Waals surface area contributed by atoms with Crippen LogP contribution in [0.5, 0.6) is 0 Å². The van der Waals surface area contributed by atoms with Crippen LogP contribution in [0.3, 0.4) is 0 Å². The Balaban J connectivity index is 1.68.